The van der Waals surface area contributed by atoms with E-state index in [-0.39, 0.29) is 22.9 Å². The minimum Gasteiger partial charge on any atom is -0.505 e. The highest BCUT2D eigenvalue weighted by Crippen LogP contribution is 2.38. The van der Waals surface area contributed by atoms with Crippen LogP contribution in [0.4, 0.5) is 11.4 Å². The van der Waals surface area contributed by atoms with Gasteiger partial charge in [-0.2, -0.15) is 9.42 Å². The first-order valence-electron chi connectivity index (χ1n) is 8.47. The molecule has 3 aromatic carbocycles. The number of hydrogen-bond acceptors (Lipinski definition) is 5. The van der Waals surface area contributed by atoms with Crippen LogP contribution in [-0.4, -0.2) is 24.9 Å². The molecule has 1 N–H and O–H groups in total. The Morgan fingerprint density at radius 1 is 0.966 bits per heavy atom. The van der Waals surface area contributed by atoms with Gasteiger partial charge in [0.05, 0.1) is 15.1 Å². The molecule has 0 aliphatic carbocycles. The maximum atomic E-state index is 12.8. The topological polar surface area (TPSA) is 82.3 Å². The van der Waals surface area contributed by atoms with E-state index in [0.717, 1.165) is 10.0 Å². The first-order valence-corrected chi connectivity index (χ1v) is 11.5. The van der Waals surface area contributed by atoms with Crippen LogP contribution in [0.1, 0.15) is 5.56 Å². The van der Waals surface area contributed by atoms with E-state index in [9.17, 15) is 13.5 Å². The fourth-order valence-electron chi connectivity index (χ4n) is 2.53. The van der Waals surface area contributed by atoms with Gasteiger partial charge in [-0.25, -0.2) is 8.42 Å². The van der Waals surface area contributed by atoms with E-state index < -0.39 is 10.0 Å². The first-order chi connectivity index (χ1) is 13.8. The zero-order valence-corrected chi connectivity index (χ0v) is 19.3. The standard InChI is InChI=1S/C20H17Br2N3O3S/c1-25(13-14-5-3-2-4-6-14)29(27,28)17-9-7-16(8-10-17)23-24-19-12-15(21)11-18(22)20(19)26/h2-12,26H,13H2,1H3. The summed E-state index contributed by atoms with van der Waals surface area (Å²) in [6.45, 7) is 0.279. The van der Waals surface area contributed by atoms with Gasteiger partial charge in [0.1, 0.15) is 5.69 Å². The predicted molar refractivity (Wildman–Crippen MR) is 119 cm³/mol. The van der Waals surface area contributed by atoms with Crippen molar-refractivity contribution in [3.8, 4) is 5.75 Å². The normalized spacial score (nSPS) is 12.0. The van der Waals surface area contributed by atoms with Gasteiger partial charge in [-0.15, -0.1) is 5.11 Å². The number of halogens is 2. The number of nitrogens with zero attached hydrogens (tertiary/aromatic N) is 3. The Morgan fingerprint density at radius 3 is 2.28 bits per heavy atom. The third kappa shape index (κ3) is 5.30. The molecule has 0 atom stereocenters. The van der Waals surface area contributed by atoms with E-state index in [1.165, 1.54) is 16.4 Å². The van der Waals surface area contributed by atoms with Crippen LogP contribution in [0, 0.1) is 0 Å². The van der Waals surface area contributed by atoms with Gasteiger partial charge in [0.15, 0.2) is 5.75 Å². The quantitative estimate of drug-likeness (QED) is 0.382. The molecular weight excluding hydrogens is 522 g/mol. The monoisotopic (exact) mass is 537 g/mol. The molecule has 0 unspecified atom stereocenters. The summed E-state index contributed by atoms with van der Waals surface area (Å²) in [7, 11) is -2.08. The number of phenolic OH excluding ortho intramolecular Hbond substituents is 1. The van der Waals surface area contributed by atoms with Gasteiger partial charge in [-0.1, -0.05) is 46.3 Å². The van der Waals surface area contributed by atoms with Crippen LogP contribution in [0.2, 0.25) is 0 Å². The van der Waals surface area contributed by atoms with Gasteiger partial charge in [0.2, 0.25) is 10.0 Å². The number of phenols is 1. The van der Waals surface area contributed by atoms with Crippen molar-refractivity contribution in [2.45, 2.75) is 11.4 Å². The van der Waals surface area contributed by atoms with Gasteiger partial charge in [-0.05, 0) is 57.9 Å². The minimum atomic E-state index is -3.63. The van der Waals surface area contributed by atoms with Crippen molar-refractivity contribution in [1.82, 2.24) is 4.31 Å². The van der Waals surface area contributed by atoms with E-state index in [4.69, 9.17) is 0 Å². The second-order valence-corrected chi connectivity index (χ2v) is 10.0. The maximum Gasteiger partial charge on any atom is 0.243 e. The molecule has 0 amide bonds. The number of sulfonamides is 1. The van der Waals surface area contributed by atoms with E-state index in [0.29, 0.717) is 10.2 Å². The molecular formula is C20H17Br2N3O3S. The zero-order valence-electron chi connectivity index (χ0n) is 15.3. The minimum absolute atomic E-state index is 0.0290. The smallest absolute Gasteiger partial charge is 0.243 e. The first kappa shape index (κ1) is 21.6. The summed E-state index contributed by atoms with van der Waals surface area (Å²) in [6, 6.07) is 18.8. The second kappa shape index (κ2) is 9.17. The lowest BCUT2D eigenvalue weighted by Crippen LogP contribution is -2.26. The van der Waals surface area contributed by atoms with Crippen molar-refractivity contribution < 1.29 is 13.5 Å². The Balaban J connectivity index is 1.77. The molecule has 0 fully saturated rings. The van der Waals surface area contributed by atoms with Crippen LogP contribution in [0.5, 0.6) is 5.75 Å². The van der Waals surface area contributed by atoms with Crippen molar-refractivity contribution in [2.24, 2.45) is 10.2 Å². The van der Waals surface area contributed by atoms with E-state index in [1.807, 2.05) is 30.3 Å². The number of benzene rings is 3. The van der Waals surface area contributed by atoms with Gasteiger partial charge in [0.25, 0.3) is 0 Å². The average Bonchev–Trinajstić information content (AvgIpc) is 2.70. The summed E-state index contributed by atoms with van der Waals surface area (Å²) in [4.78, 5) is 0.169. The number of rotatable bonds is 6. The lowest BCUT2D eigenvalue weighted by atomic mass is 10.2. The van der Waals surface area contributed by atoms with Crippen LogP contribution in [0.25, 0.3) is 0 Å². The number of aromatic hydroxyl groups is 1. The lowest BCUT2D eigenvalue weighted by Gasteiger charge is -2.17. The molecule has 0 aliphatic rings. The van der Waals surface area contributed by atoms with Crippen molar-refractivity contribution in [3.63, 3.8) is 0 Å². The molecule has 150 valence electrons. The number of hydrogen-bond donors (Lipinski definition) is 1. The summed E-state index contributed by atoms with van der Waals surface area (Å²) >= 11 is 6.57. The highest BCUT2D eigenvalue weighted by atomic mass is 79.9. The van der Waals surface area contributed by atoms with Crippen molar-refractivity contribution in [1.29, 1.82) is 0 Å². The van der Waals surface area contributed by atoms with Crippen molar-refractivity contribution in [3.05, 3.63) is 81.2 Å². The summed E-state index contributed by atoms with van der Waals surface area (Å²) in [5.74, 6) is -0.0290. The van der Waals surface area contributed by atoms with Crippen LogP contribution in [-0.2, 0) is 16.6 Å². The highest BCUT2D eigenvalue weighted by Gasteiger charge is 2.20. The predicted octanol–water partition coefficient (Wildman–Crippen LogP) is 6.15. The van der Waals surface area contributed by atoms with Crippen LogP contribution < -0.4 is 0 Å². The Kier molecular flexibility index (Phi) is 6.84. The van der Waals surface area contributed by atoms with Crippen LogP contribution in [0.15, 0.2) is 90.8 Å². The molecule has 0 aliphatic heterocycles. The zero-order chi connectivity index (χ0) is 21.0. The molecule has 0 aromatic heterocycles. The molecule has 0 radical (unpaired) electrons. The Morgan fingerprint density at radius 2 is 1.62 bits per heavy atom. The van der Waals surface area contributed by atoms with E-state index in [1.54, 1.807) is 31.3 Å². The average molecular weight is 539 g/mol. The Bertz CT molecular complexity index is 1140. The molecule has 6 nitrogen and oxygen atoms in total. The van der Waals surface area contributed by atoms with Gasteiger partial charge in [-0.3, -0.25) is 0 Å². The molecule has 0 bridgehead atoms. The molecule has 0 spiro atoms. The Labute approximate surface area is 186 Å². The summed E-state index contributed by atoms with van der Waals surface area (Å²) in [5.41, 5.74) is 1.65. The summed E-state index contributed by atoms with van der Waals surface area (Å²) < 4.78 is 28.1. The van der Waals surface area contributed by atoms with E-state index in [2.05, 4.69) is 42.1 Å². The summed E-state index contributed by atoms with van der Waals surface area (Å²) in [6.07, 6.45) is 0. The van der Waals surface area contributed by atoms with Crippen molar-refractivity contribution >= 4 is 53.3 Å². The molecule has 9 heteroatoms. The second-order valence-electron chi connectivity index (χ2n) is 6.20. The fraction of sp³-hybridized carbons (Fsp3) is 0.100. The molecule has 3 rings (SSSR count). The lowest BCUT2D eigenvalue weighted by molar-refractivity contribution is 0.466. The highest BCUT2D eigenvalue weighted by molar-refractivity contribution is 9.11. The molecule has 0 saturated heterocycles. The van der Waals surface area contributed by atoms with E-state index >= 15 is 0 Å². The fourth-order valence-corrected chi connectivity index (χ4v) is 4.89. The molecule has 3 aromatic rings. The molecule has 29 heavy (non-hydrogen) atoms. The van der Waals surface area contributed by atoms with Crippen molar-refractivity contribution in [2.75, 3.05) is 7.05 Å². The molecule has 0 saturated carbocycles. The third-order valence-electron chi connectivity index (χ3n) is 4.07. The van der Waals surface area contributed by atoms with Gasteiger partial charge in [0, 0.05) is 18.1 Å². The molecule has 0 heterocycles. The third-order valence-corrected chi connectivity index (χ3v) is 6.95. The number of azo groups is 1. The van der Waals surface area contributed by atoms with Crippen LogP contribution >= 0.6 is 31.9 Å². The Hall–Kier alpha value is -2.07. The summed E-state index contributed by atoms with van der Waals surface area (Å²) in [5, 5.41) is 18.1. The van der Waals surface area contributed by atoms with Gasteiger partial charge >= 0.3 is 0 Å². The SMILES string of the molecule is CN(Cc1ccccc1)S(=O)(=O)c1ccc(N=Nc2cc(Br)cc(Br)c2O)cc1. The van der Waals surface area contributed by atoms with Gasteiger partial charge < -0.3 is 5.11 Å². The largest absolute Gasteiger partial charge is 0.505 e. The maximum absolute atomic E-state index is 12.8. The van der Waals surface area contributed by atoms with Crippen LogP contribution in [0.3, 0.4) is 0 Å².